The lowest BCUT2D eigenvalue weighted by molar-refractivity contribution is -0.123. The second kappa shape index (κ2) is 6.33. The number of aromatic nitrogens is 1. The Hall–Kier alpha value is -0.450. The van der Waals surface area contributed by atoms with E-state index in [1.165, 1.54) is 5.01 Å². The lowest BCUT2D eigenvalue weighted by atomic mass is 9.64. The first-order valence-corrected chi connectivity index (χ1v) is 8.11. The highest BCUT2D eigenvalue weighted by molar-refractivity contribution is 7.09. The molecule has 2 atom stereocenters. The predicted octanol–water partition coefficient (Wildman–Crippen LogP) is 3.11. The van der Waals surface area contributed by atoms with Crippen LogP contribution in [0.25, 0.3) is 0 Å². The standard InChI is InChI=1S/C15H26N2OS/c1-11(2)10-18-13-9-12(15(13,3)4)16-6-5-14-17-7-8-19-14/h7-8,11-13,16H,5-6,9-10H2,1-4H3. The molecule has 1 N–H and O–H groups in total. The molecule has 0 amide bonds. The highest BCUT2D eigenvalue weighted by atomic mass is 32.1. The molecular weight excluding hydrogens is 256 g/mol. The average Bonchev–Trinajstić information content (AvgIpc) is 2.84. The molecule has 0 spiro atoms. The fraction of sp³-hybridized carbons (Fsp3) is 0.800. The minimum absolute atomic E-state index is 0.248. The number of ether oxygens (including phenoxy) is 1. The molecule has 1 aromatic heterocycles. The lowest BCUT2D eigenvalue weighted by Gasteiger charge is -2.52. The van der Waals surface area contributed by atoms with E-state index in [-0.39, 0.29) is 5.41 Å². The Morgan fingerprint density at radius 2 is 2.32 bits per heavy atom. The molecule has 1 aliphatic rings. The van der Waals surface area contributed by atoms with Gasteiger partial charge in [-0.25, -0.2) is 4.98 Å². The van der Waals surface area contributed by atoms with Crippen LogP contribution in [0.15, 0.2) is 11.6 Å². The number of hydrogen-bond donors (Lipinski definition) is 1. The minimum atomic E-state index is 0.248. The summed E-state index contributed by atoms with van der Waals surface area (Å²) in [6.07, 6.45) is 4.45. The zero-order chi connectivity index (χ0) is 13.9. The highest BCUT2D eigenvalue weighted by Gasteiger charge is 2.48. The van der Waals surface area contributed by atoms with Gasteiger partial charge in [0.2, 0.25) is 0 Å². The third-order valence-corrected chi connectivity index (χ3v) is 4.86. The maximum absolute atomic E-state index is 5.99. The summed E-state index contributed by atoms with van der Waals surface area (Å²) in [5, 5.41) is 6.91. The number of thiazole rings is 1. The molecule has 0 bridgehead atoms. The van der Waals surface area contributed by atoms with Crippen LogP contribution in [0.3, 0.4) is 0 Å². The summed E-state index contributed by atoms with van der Waals surface area (Å²) >= 11 is 1.74. The van der Waals surface area contributed by atoms with Crippen LogP contribution in [-0.2, 0) is 11.2 Å². The molecular formula is C15H26N2OS. The molecule has 19 heavy (non-hydrogen) atoms. The van der Waals surface area contributed by atoms with Crippen molar-refractivity contribution in [3.05, 3.63) is 16.6 Å². The van der Waals surface area contributed by atoms with Crippen molar-refractivity contribution in [1.82, 2.24) is 10.3 Å². The van der Waals surface area contributed by atoms with Gasteiger partial charge in [0.25, 0.3) is 0 Å². The van der Waals surface area contributed by atoms with E-state index in [4.69, 9.17) is 4.74 Å². The van der Waals surface area contributed by atoms with Gasteiger partial charge in [-0.05, 0) is 12.3 Å². The number of nitrogens with one attached hydrogen (secondary N) is 1. The van der Waals surface area contributed by atoms with Crippen molar-refractivity contribution >= 4 is 11.3 Å². The summed E-state index contributed by atoms with van der Waals surface area (Å²) in [7, 11) is 0. The van der Waals surface area contributed by atoms with Gasteiger partial charge in [-0.3, -0.25) is 0 Å². The van der Waals surface area contributed by atoms with Crippen LogP contribution in [0.5, 0.6) is 0 Å². The first-order chi connectivity index (χ1) is 9.00. The molecule has 2 rings (SSSR count). The molecule has 1 aromatic rings. The van der Waals surface area contributed by atoms with Crippen LogP contribution in [0, 0.1) is 11.3 Å². The van der Waals surface area contributed by atoms with Crippen molar-refractivity contribution in [3.8, 4) is 0 Å². The highest BCUT2D eigenvalue weighted by Crippen LogP contribution is 2.42. The van der Waals surface area contributed by atoms with Crippen molar-refractivity contribution in [2.24, 2.45) is 11.3 Å². The van der Waals surface area contributed by atoms with Crippen LogP contribution in [-0.4, -0.2) is 30.3 Å². The molecule has 0 saturated heterocycles. The van der Waals surface area contributed by atoms with Gasteiger partial charge in [0.1, 0.15) is 0 Å². The largest absolute Gasteiger partial charge is 0.377 e. The summed E-state index contributed by atoms with van der Waals surface area (Å²) < 4.78 is 5.99. The van der Waals surface area contributed by atoms with Gasteiger partial charge >= 0.3 is 0 Å². The summed E-state index contributed by atoms with van der Waals surface area (Å²) in [5.41, 5.74) is 0.248. The second-order valence-electron chi connectivity index (χ2n) is 6.46. The number of nitrogens with zero attached hydrogens (tertiary/aromatic N) is 1. The van der Waals surface area contributed by atoms with E-state index in [9.17, 15) is 0 Å². The quantitative estimate of drug-likeness (QED) is 0.834. The molecule has 3 nitrogen and oxygen atoms in total. The summed E-state index contributed by atoms with van der Waals surface area (Å²) in [4.78, 5) is 4.31. The third kappa shape index (κ3) is 3.77. The monoisotopic (exact) mass is 282 g/mol. The molecule has 1 aliphatic carbocycles. The fourth-order valence-corrected chi connectivity index (χ4v) is 3.17. The lowest BCUT2D eigenvalue weighted by Crippen LogP contribution is -2.61. The molecule has 108 valence electrons. The first kappa shape index (κ1) is 14.9. The Labute approximate surface area is 120 Å². The average molecular weight is 282 g/mol. The summed E-state index contributed by atoms with van der Waals surface area (Å²) in [5.74, 6) is 0.618. The maximum Gasteiger partial charge on any atom is 0.0937 e. The van der Waals surface area contributed by atoms with Crippen molar-refractivity contribution in [2.45, 2.75) is 52.7 Å². The van der Waals surface area contributed by atoms with Gasteiger partial charge in [-0.2, -0.15) is 0 Å². The predicted molar refractivity (Wildman–Crippen MR) is 80.6 cm³/mol. The van der Waals surface area contributed by atoms with Gasteiger partial charge in [0.05, 0.1) is 11.1 Å². The van der Waals surface area contributed by atoms with Crippen LogP contribution >= 0.6 is 11.3 Å². The molecule has 1 heterocycles. The summed E-state index contributed by atoms with van der Waals surface area (Å²) in [6.45, 7) is 10.9. The Kier molecular flexibility index (Phi) is 4.98. The molecule has 0 aliphatic heterocycles. The van der Waals surface area contributed by atoms with E-state index < -0.39 is 0 Å². The molecule has 4 heteroatoms. The van der Waals surface area contributed by atoms with E-state index >= 15 is 0 Å². The van der Waals surface area contributed by atoms with E-state index in [1.54, 1.807) is 11.3 Å². The third-order valence-electron chi connectivity index (χ3n) is 4.02. The minimum Gasteiger partial charge on any atom is -0.377 e. The van der Waals surface area contributed by atoms with Crippen molar-refractivity contribution < 1.29 is 4.74 Å². The van der Waals surface area contributed by atoms with Gasteiger partial charge in [-0.1, -0.05) is 27.7 Å². The van der Waals surface area contributed by atoms with Crippen LogP contribution < -0.4 is 5.32 Å². The van der Waals surface area contributed by atoms with Gasteiger partial charge < -0.3 is 10.1 Å². The molecule has 0 radical (unpaired) electrons. The Balaban J connectivity index is 1.69. The van der Waals surface area contributed by atoms with Gasteiger partial charge in [-0.15, -0.1) is 11.3 Å². The zero-order valence-corrected chi connectivity index (χ0v) is 13.3. The molecule has 1 fully saturated rings. The van der Waals surface area contributed by atoms with Crippen molar-refractivity contribution in [2.75, 3.05) is 13.2 Å². The van der Waals surface area contributed by atoms with Crippen molar-refractivity contribution in [1.29, 1.82) is 0 Å². The summed E-state index contributed by atoms with van der Waals surface area (Å²) in [6, 6.07) is 0.574. The normalized spacial score (nSPS) is 25.5. The fourth-order valence-electron chi connectivity index (χ4n) is 2.55. The van der Waals surface area contributed by atoms with E-state index in [0.29, 0.717) is 18.1 Å². The smallest absolute Gasteiger partial charge is 0.0937 e. The van der Waals surface area contributed by atoms with Crippen LogP contribution in [0.2, 0.25) is 0 Å². The Morgan fingerprint density at radius 1 is 1.53 bits per heavy atom. The molecule has 0 aromatic carbocycles. The van der Waals surface area contributed by atoms with E-state index in [2.05, 4.69) is 38.0 Å². The zero-order valence-electron chi connectivity index (χ0n) is 12.5. The van der Waals surface area contributed by atoms with Crippen LogP contribution in [0.4, 0.5) is 0 Å². The topological polar surface area (TPSA) is 34.1 Å². The first-order valence-electron chi connectivity index (χ1n) is 7.23. The SMILES string of the molecule is CC(C)COC1CC(NCCc2nccs2)C1(C)C. The van der Waals surface area contributed by atoms with Crippen molar-refractivity contribution in [3.63, 3.8) is 0 Å². The molecule has 1 saturated carbocycles. The number of rotatable bonds is 7. The Bertz CT molecular complexity index is 376. The Morgan fingerprint density at radius 3 is 2.89 bits per heavy atom. The van der Waals surface area contributed by atoms with Crippen LogP contribution in [0.1, 0.15) is 39.1 Å². The van der Waals surface area contributed by atoms with E-state index in [1.807, 2.05) is 11.6 Å². The van der Waals surface area contributed by atoms with E-state index in [0.717, 1.165) is 26.0 Å². The second-order valence-corrected chi connectivity index (χ2v) is 7.43. The van der Waals surface area contributed by atoms with Gasteiger partial charge in [0, 0.05) is 42.6 Å². The molecule has 2 unspecified atom stereocenters. The number of hydrogen-bond acceptors (Lipinski definition) is 4. The maximum atomic E-state index is 5.99. The van der Waals surface area contributed by atoms with Gasteiger partial charge in [0.15, 0.2) is 0 Å².